The summed E-state index contributed by atoms with van der Waals surface area (Å²) >= 11 is 0. The SMILES string of the molecule is CCOc1cccnc1NCC1CCN(CCC2OCCc3ccccc32)CC1.CS(=O)(=O)O. The molecule has 0 radical (unpaired) electrons. The molecule has 1 aromatic heterocycles. The predicted octanol–water partition coefficient (Wildman–Crippen LogP) is 3.81. The van der Waals surface area contributed by atoms with Gasteiger partial charge in [0.15, 0.2) is 11.6 Å². The van der Waals surface area contributed by atoms with Crippen LogP contribution in [0.1, 0.15) is 43.4 Å². The van der Waals surface area contributed by atoms with E-state index in [1.807, 2.05) is 25.3 Å². The van der Waals surface area contributed by atoms with Gasteiger partial charge in [-0.15, -0.1) is 0 Å². The van der Waals surface area contributed by atoms with E-state index in [0.29, 0.717) is 18.8 Å². The minimum absolute atomic E-state index is 0.264. The van der Waals surface area contributed by atoms with Gasteiger partial charge in [0.05, 0.1) is 25.6 Å². The first-order chi connectivity index (χ1) is 16.3. The van der Waals surface area contributed by atoms with Gasteiger partial charge in [0, 0.05) is 19.3 Å². The zero-order valence-electron chi connectivity index (χ0n) is 20.2. The largest absolute Gasteiger partial charge is 0.490 e. The lowest BCUT2D eigenvalue weighted by atomic mass is 9.94. The molecule has 2 aliphatic rings. The number of benzene rings is 1. The molecule has 1 unspecified atom stereocenters. The molecule has 0 aliphatic carbocycles. The number of aromatic nitrogens is 1. The van der Waals surface area contributed by atoms with Gasteiger partial charge in [0.1, 0.15) is 0 Å². The molecule has 0 amide bonds. The van der Waals surface area contributed by atoms with Crippen LogP contribution < -0.4 is 10.1 Å². The average Bonchev–Trinajstić information content (AvgIpc) is 2.82. The van der Waals surface area contributed by atoms with E-state index in [-0.39, 0.29) is 6.10 Å². The second kappa shape index (κ2) is 13.0. The quantitative estimate of drug-likeness (QED) is 0.538. The number of hydrogen-bond donors (Lipinski definition) is 2. The van der Waals surface area contributed by atoms with Crippen LogP contribution in [0.3, 0.4) is 0 Å². The zero-order valence-corrected chi connectivity index (χ0v) is 21.0. The van der Waals surface area contributed by atoms with E-state index < -0.39 is 10.1 Å². The van der Waals surface area contributed by atoms with Gasteiger partial charge in [-0.05, 0) is 74.9 Å². The number of likely N-dealkylation sites (tertiary alicyclic amines) is 1. The van der Waals surface area contributed by atoms with Gasteiger partial charge < -0.3 is 19.7 Å². The van der Waals surface area contributed by atoms with Crippen LogP contribution in [0.15, 0.2) is 42.6 Å². The summed E-state index contributed by atoms with van der Waals surface area (Å²) in [6.45, 7) is 7.94. The highest BCUT2D eigenvalue weighted by Crippen LogP contribution is 2.30. The zero-order chi connectivity index (χ0) is 24.4. The van der Waals surface area contributed by atoms with E-state index in [1.54, 1.807) is 0 Å². The Balaban J connectivity index is 0.000000588. The first-order valence-electron chi connectivity index (χ1n) is 12.0. The normalized spacial score (nSPS) is 19.0. The number of pyridine rings is 1. The monoisotopic (exact) mass is 491 g/mol. The molecule has 2 N–H and O–H groups in total. The van der Waals surface area contributed by atoms with Crippen LogP contribution in [0.5, 0.6) is 5.75 Å². The summed E-state index contributed by atoms with van der Waals surface area (Å²) in [5.74, 6) is 2.40. The Morgan fingerprint density at radius 3 is 2.68 bits per heavy atom. The van der Waals surface area contributed by atoms with Crippen LogP contribution in [0.25, 0.3) is 0 Å². The van der Waals surface area contributed by atoms with Crippen LogP contribution in [0, 0.1) is 5.92 Å². The molecular weight excluding hydrogens is 454 g/mol. The van der Waals surface area contributed by atoms with Gasteiger partial charge in [0.2, 0.25) is 0 Å². The second-order valence-corrected chi connectivity index (χ2v) is 10.2. The molecule has 0 bridgehead atoms. The number of rotatable bonds is 8. The van der Waals surface area contributed by atoms with E-state index in [9.17, 15) is 8.42 Å². The van der Waals surface area contributed by atoms with Crippen molar-refractivity contribution in [2.45, 2.75) is 38.7 Å². The lowest BCUT2D eigenvalue weighted by molar-refractivity contribution is 0.0268. The van der Waals surface area contributed by atoms with Gasteiger partial charge in [-0.1, -0.05) is 24.3 Å². The molecule has 2 aliphatic heterocycles. The molecular formula is C25H37N3O5S. The maximum atomic E-state index is 9.19. The smallest absolute Gasteiger partial charge is 0.261 e. The van der Waals surface area contributed by atoms with E-state index in [4.69, 9.17) is 14.0 Å². The van der Waals surface area contributed by atoms with E-state index >= 15 is 0 Å². The summed E-state index contributed by atoms with van der Waals surface area (Å²) in [6.07, 6.45) is 7.39. The third kappa shape index (κ3) is 8.87. The van der Waals surface area contributed by atoms with Crippen molar-refractivity contribution in [3.05, 3.63) is 53.7 Å². The fraction of sp³-hybridized carbons (Fsp3) is 0.560. The molecule has 0 spiro atoms. The predicted molar refractivity (Wildman–Crippen MR) is 134 cm³/mol. The third-order valence-electron chi connectivity index (χ3n) is 6.14. The highest BCUT2D eigenvalue weighted by atomic mass is 32.2. The maximum absolute atomic E-state index is 9.19. The Morgan fingerprint density at radius 1 is 1.21 bits per heavy atom. The van der Waals surface area contributed by atoms with Crippen molar-refractivity contribution in [2.75, 3.05) is 51.0 Å². The summed E-state index contributed by atoms with van der Waals surface area (Å²) < 4.78 is 37.6. The highest BCUT2D eigenvalue weighted by Gasteiger charge is 2.23. The van der Waals surface area contributed by atoms with Gasteiger partial charge in [-0.2, -0.15) is 8.42 Å². The first-order valence-corrected chi connectivity index (χ1v) is 13.8. The maximum Gasteiger partial charge on any atom is 0.261 e. The van der Waals surface area contributed by atoms with E-state index in [0.717, 1.165) is 44.1 Å². The molecule has 1 saturated heterocycles. The summed E-state index contributed by atoms with van der Waals surface area (Å²) in [7, 11) is -3.67. The summed E-state index contributed by atoms with van der Waals surface area (Å²) in [5, 5.41) is 3.50. The Bertz CT molecular complexity index is 986. The minimum Gasteiger partial charge on any atom is -0.490 e. The van der Waals surface area contributed by atoms with Crippen molar-refractivity contribution in [2.24, 2.45) is 5.92 Å². The molecule has 1 atom stereocenters. The Labute approximate surface area is 203 Å². The van der Waals surface area contributed by atoms with Crippen molar-refractivity contribution in [1.82, 2.24) is 9.88 Å². The molecule has 0 saturated carbocycles. The molecule has 4 rings (SSSR count). The molecule has 2 aromatic rings. The molecule has 9 heteroatoms. The van der Waals surface area contributed by atoms with Crippen molar-refractivity contribution >= 4 is 15.9 Å². The molecule has 34 heavy (non-hydrogen) atoms. The van der Waals surface area contributed by atoms with E-state index in [2.05, 4.69) is 39.5 Å². The number of ether oxygens (including phenoxy) is 2. The van der Waals surface area contributed by atoms with Gasteiger partial charge in [0.25, 0.3) is 10.1 Å². The van der Waals surface area contributed by atoms with Crippen LogP contribution in [-0.4, -0.2) is 68.5 Å². The summed E-state index contributed by atoms with van der Waals surface area (Å²) in [5.41, 5.74) is 2.87. The van der Waals surface area contributed by atoms with Crippen molar-refractivity contribution in [3.8, 4) is 5.75 Å². The van der Waals surface area contributed by atoms with Crippen LogP contribution in [0.2, 0.25) is 0 Å². The van der Waals surface area contributed by atoms with Crippen molar-refractivity contribution in [1.29, 1.82) is 0 Å². The Morgan fingerprint density at radius 2 is 1.94 bits per heavy atom. The van der Waals surface area contributed by atoms with Gasteiger partial charge in [-0.25, -0.2) is 4.98 Å². The average molecular weight is 492 g/mol. The lowest BCUT2D eigenvalue weighted by Crippen LogP contribution is -2.37. The number of fused-ring (bicyclic) bond motifs is 1. The van der Waals surface area contributed by atoms with Crippen LogP contribution in [-0.2, 0) is 21.3 Å². The Hall–Kier alpha value is -2.20. The second-order valence-electron chi connectivity index (χ2n) is 8.78. The number of nitrogens with one attached hydrogen (secondary N) is 1. The topological polar surface area (TPSA) is 101 Å². The van der Waals surface area contributed by atoms with Gasteiger partial charge >= 0.3 is 0 Å². The third-order valence-corrected chi connectivity index (χ3v) is 6.14. The summed E-state index contributed by atoms with van der Waals surface area (Å²) in [4.78, 5) is 7.04. The summed E-state index contributed by atoms with van der Waals surface area (Å²) in [6, 6.07) is 12.7. The van der Waals surface area contributed by atoms with Gasteiger partial charge in [-0.3, -0.25) is 4.55 Å². The number of nitrogens with zero attached hydrogens (tertiary/aromatic N) is 2. The number of piperidine rings is 1. The molecule has 8 nitrogen and oxygen atoms in total. The number of hydrogen-bond acceptors (Lipinski definition) is 7. The fourth-order valence-electron chi connectivity index (χ4n) is 4.47. The molecule has 1 aromatic carbocycles. The van der Waals surface area contributed by atoms with Crippen LogP contribution >= 0.6 is 0 Å². The Kier molecular flexibility index (Phi) is 10.1. The fourth-order valence-corrected chi connectivity index (χ4v) is 4.47. The highest BCUT2D eigenvalue weighted by molar-refractivity contribution is 7.85. The molecule has 3 heterocycles. The number of anilines is 1. The van der Waals surface area contributed by atoms with E-state index in [1.165, 1.54) is 37.1 Å². The lowest BCUT2D eigenvalue weighted by Gasteiger charge is -2.34. The standard InChI is InChI=1S/C24H33N3O2.CH4O3S/c1-2-28-23-8-5-13-25-24(23)26-18-19-9-14-27(15-10-19)16-11-22-21-7-4-3-6-20(21)12-17-29-22;1-5(2,3)4/h3-8,13,19,22H,2,9-12,14-18H2,1H3,(H,25,26);1H3,(H,2,3,4). The van der Waals surface area contributed by atoms with Crippen molar-refractivity contribution < 1.29 is 22.4 Å². The minimum atomic E-state index is -3.67. The first kappa shape index (κ1) is 26.4. The van der Waals surface area contributed by atoms with Crippen LogP contribution in [0.4, 0.5) is 5.82 Å². The molecule has 1 fully saturated rings. The molecule has 188 valence electrons. The van der Waals surface area contributed by atoms with Crippen molar-refractivity contribution in [3.63, 3.8) is 0 Å².